The van der Waals surface area contributed by atoms with Gasteiger partial charge in [0, 0.05) is 24.2 Å². The van der Waals surface area contributed by atoms with Crippen molar-refractivity contribution in [2.75, 3.05) is 7.05 Å². The van der Waals surface area contributed by atoms with Gasteiger partial charge in [-0.15, -0.1) is 0 Å². The van der Waals surface area contributed by atoms with Gasteiger partial charge in [0.25, 0.3) is 11.6 Å². The summed E-state index contributed by atoms with van der Waals surface area (Å²) < 4.78 is 5.21. The van der Waals surface area contributed by atoms with Gasteiger partial charge in [-0.3, -0.25) is 14.9 Å². The Labute approximate surface area is 159 Å². The molecule has 0 radical (unpaired) electrons. The second-order valence-electron chi connectivity index (χ2n) is 5.97. The molecule has 0 aliphatic rings. The van der Waals surface area contributed by atoms with Crippen LogP contribution < -0.4 is 0 Å². The maximum atomic E-state index is 12.5. The zero-order valence-electron chi connectivity index (χ0n) is 14.5. The Hall–Kier alpha value is -3.26. The summed E-state index contributed by atoms with van der Waals surface area (Å²) in [5.41, 5.74) is 1.70. The van der Waals surface area contributed by atoms with Crippen LogP contribution in [0.5, 0.6) is 0 Å². The second-order valence-corrected chi connectivity index (χ2v) is 6.37. The summed E-state index contributed by atoms with van der Waals surface area (Å²) in [4.78, 5) is 28.5. The molecule has 1 aromatic heterocycles. The van der Waals surface area contributed by atoms with Gasteiger partial charge in [0.05, 0.1) is 11.5 Å². The molecule has 2 aromatic carbocycles. The van der Waals surface area contributed by atoms with Crippen molar-refractivity contribution < 1.29 is 14.2 Å². The summed E-state index contributed by atoms with van der Waals surface area (Å²) in [6, 6.07) is 11.5. The Bertz CT molecular complexity index is 1020. The van der Waals surface area contributed by atoms with Crippen LogP contribution in [-0.2, 0) is 6.54 Å². The predicted molar refractivity (Wildman–Crippen MR) is 98.4 cm³/mol. The molecule has 0 saturated carbocycles. The smallest absolute Gasteiger partial charge is 0.288 e. The molecule has 0 saturated heterocycles. The van der Waals surface area contributed by atoms with Crippen molar-refractivity contribution in [1.29, 1.82) is 0 Å². The van der Waals surface area contributed by atoms with Crippen molar-refractivity contribution in [3.63, 3.8) is 0 Å². The SMILES string of the molecule is Cc1cccc(-c2noc(CN(C)C(=O)c3ccc(Cl)c([N+](=O)[O-])c3)n2)c1. The molecule has 8 nitrogen and oxygen atoms in total. The fourth-order valence-corrected chi connectivity index (χ4v) is 2.69. The average molecular weight is 387 g/mol. The molecule has 0 unspecified atom stereocenters. The summed E-state index contributed by atoms with van der Waals surface area (Å²) >= 11 is 5.78. The lowest BCUT2D eigenvalue weighted by Gasteiger charge is -2.14. The van der Waals surface area contributed by atoms with Gasteiger partial charge < -0.3 is 9.42 Å². The van der Waals surface area contributed by atoms with Crippen molar-refractivity contribution in [3.05, 3.63) is 74.6 Å². The van der Waals surface area contributed by atoms with Crippen LogP contribution in [0.1, 0.15) is 21.8 Å². The first-order valence-corrected chi connectivity index (χ1v) is 8.32. The lowest BCUT2D eigenvalue weighted by atomic mass is 10.1. The van der Waals surface area contributed by atoms with E-state index in [0.717, 1.165) is 17.2 Å². The Morgan fingerprint density at radius 1 is 1.30 bits per heavy atom. The Morgan fingerprint density at radius 2 is 2.07 bits per heavy atom. The number of nitro benzene ring substituents is 1. The first kappa shape index (κ1) is 18.5. The van der Waals surface area contributed by atoms with Gasteiger partial charge in [0.15, 0.2) is 0 Å². The largest absolute Gasteiger partial charge is 0.337 e. The van der Waals surface area contributed by atoms with Crippen LogP contribution in [0.2, 0.25) is 5.02 Å². The lowest BCUT2D eigenvalue weighted by molar-refractivity contribution is -0.384. The summed E-state index contributed by atoms with van der Waals surface area (Å²) in [6.07, 6.45) is 0. The van der Waals surface area contributed by atoms with Crippen LogP contribution in [0.3, 0.4) is 0 Å². The number of amides is 1. The van der Waals surface area contributed by atoms with Crippen molar-refractivity contribution in [2.45, 2.75) is 13.5 Å². The highest BCUT2D eigenvalue weighted by molar-refractivity contribution is 6.32. The number of halogens is 1. The minimum Gasteiger partial charge on any atom is -0.337 e. The van der Waals surface area contributed by atoms with Gasteiger partial charge in [0.2, 0.25) is 11.7 Å². The van der Waals surface area contributed by atoms with E-state index >= 15 is 0 Å². The molecule has 0 fully saturated rings. The third-order valence-corrected chi connectivity index (χ3v) is 4.17. The molecule has 0 aliphatic heterocycles. The monoisotopic (exact) mass is 386 g/mol. The van der Waals surface area contributed by atoms with Gasteiger partial charge in [-0.1, -0.05) is 40.5 Å². The predicted octanol–water partition coefficient (Wildman–Crippen LogP) is 3.88. The van der Waals surface area contributed by atoms with Crippen LogP contribution >= 0.6 is 11.6 Å². The molecular formula is C18H15ClN4O4. The average Bonchev–Trinajstić information content (AvgIpc) is 3.09. The van der Waals surface area contributed by atoms with Crippen LogP contribution in [-0.4, -0.2) is 32.9 Å². The number of benzene rings is 2. The van der Waals surface area contributed by atoms with Crippen LogP contribution in [0.15, 0.2) is 47.0 Å². The number of aryl methyl sites for hydroxylation is 1. The molecule has 9 heteroatoms. The fraction of sp³-hybridized carbons (Fsp3) is 0.167. The molecule has 3 aromatic rings. The van der Waals surface area contributed by atoms with Crippen molar-refractivity contribution in [3.8, 4) is 11.4 Å². The molecule has 27 heavy (non-hydrogen) atoms. The third-order valence-electron chi connectivity index (χ3n) is 3.85. The Morgan fingerprint density at radius 3 is 2.78 bits per heavy atom. The van der Waals surface area contributed by atoms with E-state index in [2.05, 4.69) is 10.1 Å². The highest BCUT2D eigenvalue weighted by Gasteiger charge is 2.20. The summed E-state index contributed by atoms with van der Waals surface area (Å²) in [5, 5.41) is 14.9. The van der Waals surface area contributed by atoms with Gasteiger partial charge in [-0.2, -0.15) is 4.98 Å². The topological polar surface area (TPSA) is 102 Å². The van der Waals surface area contributed by atoms with Gasteiger partial charge in [-0.25, -0.2) is 0 Å². The number of carbonyl (C=O) groups is 1. The van der Waals surface area contributed by atoms with Crippen molar-refractivity contribution >= 4 is 23.2 Å². The summed E-state index contributed by atoms with van der Waals surface area (Å²) in [5.74, 6) is 0.257. The van der Waals surface area contributed by atoms with E-state index in [-0.39, 0.29) is 28.7 Å². The third kappa shape index (κ3) is 4.12. The number of hydrogen-bond donors (Lipinski definition) is 0. The fourth-order valence-electron chi connectivity index (χ4n) is 2.50. The van der Waals surface area contributed by atoms with E-state index in [1.54, 1.807) is 7.05 Å². The summed E-state index contributed by atoms with van der Waals surface area (Å²) in [6.45, 7) is 2.02. The van der Waals surface area contributed by atoms with Gasteiger partial charge in [0.1, 0.15) is 5.02 Å². The number of carbonyl (C=O) groups excluding carboxylic acids is 1. The molecule has 1 amide bonds. The molecular weight excluding hydrogens is 372 g/mol. The van der Waals surface area contributed by atoms with Crippen LogP contribution in [0, 0.1) is 17.0 Å². The highest BCUT2D eigenvalue weighted by Crippen LogP contribution is 2.26. The van der Waals surface area contributed by atoms with Crippen LogP contribution in [0.4, 0.5) is 5.69 Å². The molecule has 0 spiro atoms. The number of nitro groups is 1. The van der Waals surface area contributed by atoms with E-state index in [0.29, 0.717) is 5.82 Å². The Kier molecular flexibility index (Phi) is 5.18. The van der Waals surface area contributed by atoms with Crippen LogP contribution in [0.25, 0.3) is 11.4 Å². The van der Waals surface area contributed by atoms with E-state index in [1.165, 1.54) is 17.0 Å². The van der Waals surface area contributed by atoms with E-state index in [9.17, 15) is 14.9 Å². The molecule has 0 bridgehead atoms. The molecule has 1 heterocycles. The maximum Gasteiger partial charge on any atom is 0.288 e. The normalized spacial score (nSPS) is 10.6. The molecule has 3 rings (SSSR count). The quantitative estimate of drug-likeness (QED) is 0.487. The van der Waals surface area contributed by atoms with Crippen molar-refractivity contribution in [1.82, 2.24) is 15.0 Å². The molecule has 0 aliphatic carbocycles. The van der Waals surface area contributed by atoms with E-state index in [4.69, 9.17) is 16.1 Å². The van der Waals surface area contributed by atoms with Gasteiger partial charge >= 0.3 is 0 Å². The second kappa shape index (κ2) is 7.55. The minimum atomic E-state index is -0.634. The minimum absolute atomic E-state index is 0.0288. The molecule has 138 valence electrons. The Balaban J connectivity index is 1.76. The number of hydrogen-bond acceptors (Lipinski definition) is 6. The summed E-state index contributed by atoms with van der Waals surface area (Å²) in [7, 11) is 1.54. The number of rotatable bonds is 5. The van der Waals surface area contributed by atoms with Gasteiger partial charge in [-0.05, 0) is 25.1 Å². The molecule has 0 atom stereocenters. The number of nitrogens with zero attached hydrogens (tertiary/aromatic N) is 4. The maximum absolute atomic E-state index is 12.5. The highest BCUT2D eigenvalue weighted by atomic mass is 35.5. The first-order valence-electron chi connectivity index (χ1n) is 7.94. The van der Waals surface area contributed by atoms with E-state index < -0.39 is 10.8 Å². The number of aromatic nitrogens is 2. The van der Waals surface area contributed by atoms with Crippen molar-refractivity contribution in [2.24, 2.45) is 0 Å². The molecule has 0 N–H and O–H groups in total. The lowest BCUT2D eigenvalue weighted by Crippen LogP contribution is -2.26. The zero-order chi connectivity index (χ0) is 19.6. The standard InChI is InChI=1S/C18H15ClN4O4/c1-11-4-3-5-12(8-11)17-20-16(27-21-17)10-22(2)18(24)13-6-7-14(19)15(9-13)23(25)26/h3-9H,10H2,1-2H3. The zero-order valence-corrected chi connectivity index (χ0v) is 15.3. The van der Waals surface area contributed by atoms with E-state index in [1.807, 2.05) is 31.2 Å². The first-order chi connectivity index (χ1) is 12.8.